The Balaban J connectivity index is 2.44. The molecule has 1 N–H and O–H groups in total. The van der Waals surface area contributed by atoms with Gasteiger partial charge < -0.3 is 19.7 Å². The zero-order chi connectivity index (χ0) is 13.1. The van der Waals surface area contributed by atoms with Gasteiger partial charge in [0.2, 0.25) is 0 Å². The fourth-order valence-electron chi connectivity index (χ4n) is 2.74. The summed E-state index contributed by atoms with van der Waals surface area (Å²) in [6.07, 6.45) is 2.17. The monoisotopic (exact) mass is 250 g/mol. The molecule has 0 radical (unpaired) electrons. The van der Waals surface area contributed by atoms with Gasteiger partial charge in [0.25, 0.3) is 0 Å². The Bertz CT molecular complexity index is 421. The topological polar surface area (TPSA) is 33.7 Å². The van der Waals surface area contributed by atoms with E-state index >= 15 is 0 Å². The highest BCUT2D eigenvalue weighted by Crippen LogP contribution is 2.42. The maximum Gasteiger partial charge on any atom is 0.142 e. The van der Waals surface area contributed by atoms with Crippen molar-refractivity contribution in [1.29, 1.82) is 0 Å². The van der Waals surface area contributed by atoms with Crippen molar-refractivity contribution in [2.45, 2.75) is 18.9 Å². The van der Waals surface area contributed by atoms with Gasteiger partial charge in [-0.05, 0) is 32.0 Å². The molecule has 18 heavy (non-hydrogen) atoms. The lowest BCUT2D eigenvalue weighted by Gasteiger charge is -2.37. The fourth-order valence-corrected chi connectivity index (χ4v) is 2.74. The van der Waals surface area contributed by atoms with Crippen LogP contribution in [0.2, 0.25) is 0 Å². The maximum atomic E-state index is 5.49. The molecule has 0 spiro atoms. The van der Waals surface area contributed by atoms with Crippen LogP contribution in [-0.2, 0) is 6.42 Å². The number of fused-ring (bicyclic) bond motifs is 1. The van der Waals surface area contributed by atoms with Gasteiger partial charge in [0.1, 0.15) is 11.5 Å². The number of benzene rings is 1. The molecule has 1 heterocycles. The van der Waals surface area contributed by atoms with E-state index in [-0.39, 0.29) is 0 Å². The lowest BCUT2D eigenvalue weighted by molar-refractivity contribution is 0.390. The number of methoxy groups -OCH3 is 2. The van der Waals surface area contributed by atoms with E-state index in [0.29, 0.717) is 6.04 Å². The van der Waals surface area contributed by atoms with Crippen LogP contribution in [0.5, 0.6) is 11.5 Å². The molecule has 1 aliphatic heterocycles. The van der Waals surface area contributed by atoms with Crippen molar-refractivity contribution in [3.05, 3.63) is 17.7 Å². The molecule has 0 bridgehead atoms. The zero-order valence-corrected chi connectivity index (χ0v) is 11.6. The van der Waals surface area contributed by atoms with Crippen molar-refractivity contribution in [2.24, 2.45) is 0 Å². The second-order valence-electron chi connectivity index (χ2n) is 4.66. The molecule has 1 aromatic carbocycles. The number of ether oxygens (including phenoxy) is 2. The summed E-state index contributed by atoms with van der Waals surface area (Å²) in [5.74, 6) is 1.88. The summed E-state index contributed by atoms with van der Waals surface area (Å²) >= 11 is 0. The molecular weight excluding hydrogens is 228 g/mol. The number of rotatable bonds is 4. The first-order valence-corrected chi connectivity index (χ1v) is 6.34. The van der Waals surface area contributed by atoms with Gasteiger partial charge in [-0.15, -0.1) is 0 Å². The van der Waals surface area contributed by atoms with Gasteiger partial charge in [-0.3, -0.25) is 0 Å². The average Bonchev–Trinajstić information content (AvgIpc) is 2.40. The molecule has 0 saturated heterocycles. The predicted molar refractivity (Wildman–Crippen MR) is 74.0 cm³/mol. The van der Waals surface area contributed by atoms with Crippen LogP contribution >= 0.6 is 0 Å². The SMILES string of the molecule is CNCC1CCc2c(OC)ccc(OC)c2N1C. The molecular formula is C14H22N2O2. The number of nitrogens with one attached hydrogen (secondary N) is 1. The summed E-state index contributed by atoms with van der Waals surface area (Å²) in [4.78, 5) is 2.30. The normalized spacial score (nSPS) is 18.4. The number of anilines is 1. The quantitative estimate of drug-likeness (QED) is 0.881. The first-order chi connectivity index (χ1) is 8.72. The van der Waals surface area contributed by atoms with Crippen LogP contribution in [-0.4, -0.2) is 40.9 Å². The highest BCUT2D eigenvalue weighted by Gasteiger charge is 2.28. The molecule has 1 unspecified atom stereocenters. The molecule has 2 rings (SSSR count). The third-order valence-corrected chi connectivity index (χ3v) is 3.71. The molecule has 0 aromatic heterocycles. The Kier molecular flexibility index (Phi) is 3.97. The molecule has 4 nitrogen and oxygen atoms in total. The van der Waals surface area contributed by atoms with E-state index in [1.54, 1.807) is 14.2 Å². The van der Waals surface area contributed by atoms with Gasteiger partial charge in [-0.1, -0.05) is 0 Å². The smallest absolute Gasteiger partial charge is 0.142 e. The van der Waals surface area contributed by atoms with Crippen LogP contribution in [0.1, 0.15) is 12.0 Å². The van der Waals surface area contributed by atoms with Gasteiger partial charge in [-0.25, -0.2) is 0 Å². The molecule has 0 fully saturated rings. The van der Waals surface area contributed by atoms with E-state index in [1.165, 1.54) is 11.3 Å². The second-order valence-corrected chi connectivity index (χ2v) is 4.66. The number of hydrogen-bond donors (Lipinski definition) is 1. The lowest BCUT2D eigenvalue weighted by atomic mass is 9.94. The first kappa shape index (κ1) is 13.0. The summed E-state index contributed by atoms with van der Waals surface area (Å²) in [7, 11) is 7.56. The standard InChI is InChI=1S/C14H22N2O2/c1-15-9-10-5-6-11-12(17-3)7-8-13(18-4)14(11)16(10)2/h7-8,10,15H,5-6,9H2,1-4H3. The van der Waals surface area contributed by atoms with E-state index < -0.39 is 0 Å². The largest absolute Gasteiger partial charge is 0.496 e. The Morgan fingerprint density at radius 3 is 2.56 bits per heavy atom. The van der Waals surface area contributed by atoms with Crippen molar-refractivity contribution in [2.75, 3.05) is 39.8 Å². The van der Waals surface area contributed by atoms with Crippen molar-refractivity contribution in [3.8, 4) is 11.5 Å². The van der Waals surface area contributed by atoms with Crippen LogP contribution < -0.4 is 19.7 Å². The summed E-state index contributed by atoms with van der Waals surface area (Å²) in [6, 6.07) is 4.48. The minimum atomic E-state index is 0.503. The summed E-state index contributed by atoms with van der Waals surface area (Å²) in [6.45, 7) is 0.982. The van der Waals surface area contributed by atoms with Crippen molar-refractivity contribution >= 4 is 5.69 Å². The van der Waals surface area contributed by atoms with Crippen molar-refractivity contribution < 1.29 is 9.47 Å². The maximum absolute atomic E-state index is 5.49. The van der Waals surface area contributed by atoms with Crippen LogP contribution in [0.25, 0.3) is 0 Å². The van der Waals surface area contributed by atoms with Gasteiger partial charge in [-0.2, -0.15) is 0 Å². The van der Waals surface area contributed by atoms with Gasteiger partial charge in [0.15, 0.2) is 0 Å². The third-order valence-electron chi connectivity index (χ3n) is 3.71. The van der Waals surface area contributed by atoms with Crippen LogP contribution in [0.3, 0.4) is 0 Å². The molecule has 1 atom stereocenters. The Morgan fingerprint density at radius 2 is 1.94 bits per heavy atom. The zero-order valence-electron chi connectivity index (χ0n) is 11.6. The van der Waals surface area contributed by atoms with E-state index in [1.807, 2.05) is 19.2 Å². The molecule has 1 aromatic rings. The van der Waals surface area contributed by atoms with Gasteiger partial charge in [0.05, 0.1) is 19.9 Å². The van der Waals surface area contributed by atoms with Gasteiger partial charge in [0, 0.05) is 25.2 Å². The Hall–Kier alpha value is -1.42. The van der Waals surface area contributed by atoms with E-state index in [2.05, 4.69) is 17.3 Å². The Labute approximate surface area is 109 Å². The first-order valence-electron chi connectivity index (χ1n) is 6.34. The van der Waals surface area contributed by atoms with E-state index in [0.717, 1.165) is 30.9 Å². The predicted octanol–water partition coefficient (Wildman–Crippen LogP) is 1.67. The summed E-state index contributed by atoms with van der Waals surface area (Å²) in [5, 5.41) is 3.25. The van der Waals surface area contributed by atoms with Crippen molar-refractivity contribution in [3.63, 3.8) is 0 Å². The van der Waals surface area contributed by atoms with Gasteiger partial charge >= 0.3 is 0 Å². The number of nitrogens with zero attached hydrogens (tertiary/aromatic N) is 1. The molecule has 0 aliphatic carbocycles. The molecule has 4 heteroatoms. The van der Waals surface area contributed by atoms with E-state index in [4.69, 9.17) is 9.47 Å². The van der Waals surface area contributed by atoms with Crippen LogP contribution in [0.15, 0.2) is 12.1 Å². The minimum absolute atomic E-state index is 0.503. The lowest BCUT2D eigenvalue weighted by Crippen LogP contribution is -2.42. The summed E-state index contributed by atoms with van der Waals surface area (Å²) < 4.78 is 10.9. The van der Waals surface area contributed by atoms with Crippen molar-refractivity contribution in [1.82, 2.24) is 5.32 Å². The average molecular weight is 250 g/mol. The second kappa shape index (κ2) is 5.48. The van der Waals surface area contributed by atoms with E-state index in [9.17, 15) is 0 Å². The summed E-state index contributed by atoms with van der Waals surface area (Å²) in [5.41, 5.74) is 2.43. The fraction of sp³-hybridized carbons (Fsp3) is 0.571. The highest BCUT2D eigenvalue weighted by molar-refractivity contribution is 5.69. The van der Waals surface area contributed by atoms with Crippen LogP contribution in [0.4, 0.5) is 5.69 Å². The molecule has 0 saturated carbocycles. The highest BCUT2D eigenvalue weighted by atomic mass is 16.5. The number of hydrogen-bond acceptors (Lipinski definition) is 4. The Morgan fingerprint density at radius 1 is 1.28 bits per heavy atom. The molecule has 1 aliphatic rings. The molecule has 100 valence electrons. The number of likely N-dealkylation sites (N-methyl/N-ethyl adjacent to an activating group) is 2. The minimum Gasteiger partial charge on any atom is -0.496 e. The molecule has 0 amide bonds. The van der Waals surface area contributed by atoms with Crippen LogP contribution in [0, 0.1) is 0 Å². The third kappa shape index (κ3) is 2.12.